The SMILES string of the molecule is CC#CC1CCN(C)C1. The van der Waals surface area contributed by atoms with Gasteiger partial charge in [0.25, 0.3) is 0 Å². The summed E-state index contributed by atoms with van der Waals surface area (Å²) in [6.45, 7) is 4.30. The monoisotopic (exact) mass is 123 g/mol. The van der Waals surface area contributed by atoms with Crippen LogP contribution >= 0.6 is 0 Å². The minimum Gasteiger partial charge on any atom is -0.305 e. The minimum atomic E-state index is 0.653. The molecule has 1 heterocycles. The molecule has 0 bridgehead atoms. The van der Waals surface area contributed by atoms with Gasteiger partial charge in [0.2, 0.25) is 0 Å². The lowest BCUT2D eigenvalue weighted by molar-refractivity contribution is 0.409. The Morgan fingerprint density at radius 2 is 2.33 bits per heavy atom. The number of rotatable bonds is 0. The molecule has 0 aromatic carbocycles. The molecule has 1 rings (SSSR count). The quantitative estimate of drug-likeness (QED) is 0.434. The van der Waals surface area contributed by atoms with E-state index >= 15 is 0 Å². The van der Waals surface area contributed by atoms with E-state index in [-0.39, 0.29) is 0 Å². The summed E-state index contributed by atoms with van der Waals surface area (Å²) in [6, 6.07) is 0. The third-order valence-electron chi connectivity index (χ3n) is 1.74. The van der Waals surface area contributed by atoms with Gasteiger partial charge in [0.1, 0.15) is 0 Å². The molecule has 1 aliphatic rings. The van der Waals surface area contributed by atoms with Crippen LogP contribution in [0.25, 0.3) is 0 Å². The highest BCUT2D eigenvalue weighted by atomic mass is 15.1. The highest BCUT2D eigenvalue weighted by molar-refractivity contribution is 5.03. The van der Waals surface area contributed by atoms with Crippen LogP contribution in [0.3, 0.4) is 0 Å². The highest BCUT2D eigenvalue weighted by Gasteiger charge is 2.16. The molecule has 0 aromatic heterocycles. The van der Waals surface area contributed by atoms with E-state index in [0.29, 0.717) is 5.92 Å². The largest absolute Gasteiger partial charge is 0.305 e. The molecule has 0 aromatic rings. The maximum Gasteiger partial charge on any atom is 0.0342 e. The average Bonchev–Trinajstić information content (AvgIpc) is 2.17. The standard InChI is InChI=1S/C8H13N/c1-3-4-8-5-6-9(2)7-8/h8H,5-7H2,1-2H3. The van der Waals surface area contributed by atoms with Gasteiger partial charge in [-0.1, -0.05) is 5.92 Å². The van der Waals surface area contributed by atoms with E-state index in [9.17, 15) is 0 Å². The minimum absolute atomic E-state index is 0.653. The molecule has 50 valence electrons. The predicted octanol–water partition coefficient (Wildman–Crippen LogP) is 0.961. The summed E-state index contributed by atoms with van der Waals surface area (Å²) in [5.41, 5.74) is 0. The van der Waals surface area contributed by atoms with Crippen molar-refractivity contribution in [1.82, 2.24) is 4.90 Å². The van der Waals surface area contributed by atoms with Crippen molar-refractivity contribution in [3.05, 3.63) is 0 Å². The lowest BCUT2D eigenvalue weighted by atomic mass is 10.1. The fourth-order valence-electron chi connectivity index (χ4n) is 1.26. The van der Waals surface area contributed by atoms with Gasteiger partial charge in [-0.15, -0.1) is 5.92 Å². The Labute approximate surface area is 57.0 Å². The van der Waals surface area contributed by atoms with Crippen LogP contribution in [-0.2, 0) is 0 Å². The zero-order valence-electron chi connectivity index (χ0n) is 6.15. The smallest absolute Gasteiger partial charge is 0.0342 e. The van der Waals surface area contributed by atoms with Crippen molar-refractivity contribution in [2.45, 2.75) is 13.3 Å². The van der Waals surface area contributed by atoms with Gasteiger partial charge in [-0.25, -0.2) is 0 Å². The maximum absolute atomic E-state index is 3.18. The van der Waals surface area contributed by atoms with Gasteiger partial charge >= 0.3 is 0 Å². The Bertz CT molecular complexity index is 140. The Morgan fingerprint density at radius 3 is 2.78 bits per heavy atom. The first-order valence-corrected chi connectivity index (χ1v) is 3.43. The highest BCUT2D eigenvalue weighted by Crippen LogP contribution is 2.12. The molecule has 0 N–H and O–H groups in total. The van der Waals surface area contributed by atoms with E-state index in [2.05, 4.69) is 23.8 Å². The Balaban J connectivity index is 2.36. The van der Waals surface area contributed by atoms with Crippen molar-refractivity contribution in [3.8, 4) is 11.8 Å². The van der Waals surface area contributed by atoms with Gasteiger partial charge < -0.3 is 4.90 Å². The summed E-state index contributed by atoms with van der Waals surface area (Å²) in [5.74, 6) is 6.79. The molecule has 1 aliphatic heterocycles. The number of hydrogen-bond acceptors (Lipinski definition) is 1. The second kappa shape index (κ2) is 2.89. The molecule has 0 spiro atoms. The van der Waals surface area contributed by atoms with Gasteiger partial charge in [0, 0.05) is 12.5 Å². The van der Waals surface area contributed by atoms with Crippen LogP contribution in [0.1, 0.15) is 13.3 Å². The van der Waals surface area contributed by atoms with E-state index < -0.39 is 0 Å². The Hall–Kier alpha value is -0.480. The van der Waals surface area contributed by atoms with Gasteiger partial charge in [0.05, 0.1) is 0 Å². The molecule has 1 saturated heterocycles. The summed E-state index contributed by atoms with van der Waals surface area (Å²) in [4.78, 5) is 2.33. The van der Waals surface area contributed by atoms with Crippen molar-refractivity contribution >= 4 is 0 Å². The van der Waals surface area contributed by atoms with Crippen molar-refractivity contribution in [2.75, 3.05) is 20.1 Å². The summed E-state index contributed by atoms with van der Waals surface area (Å²) >= 11 is 0. The van der Waals surface area contributed by atoms with Crippen LogP contribution in [0.4, 0.5) is 0 Å². The van der Waals surface area contributed by atoms with Crippen molar-refractivity contribution in [1.29, 1.82) is 0 Å². The number of likely N-dealkylation sites (tertiary alicyclic amines) is 1. The summed E-state index contributed by atoms with van der Waals surface area (Å²) in [5, 5.41) is 0. The van der Waals surface area contributed by atoms with E-state index in [1.807, 2.05) is 6.92 Å². The van der Waals surface area contributed by atoms with Crippen molar-refractivity contribution in [3.63, 3.8) is 0 Å². The fourth-order valence-corrected chi connectivity index (χ4v) is 1.26. The first kappa shape index (κ1) is 6.64. The molecule has 0 saturated carbocycles. The third-order valence-corrected chi connectivity index (χ3v) is 1.74. The molecule has 1 unspecified atom stereocenters. The molecular weight excluding hydrogens is 110 g/mol. The Morgan fingerprint density at radius 1 is 1.56 bits per heavy atom. The third kappa shape index (κ3) is 1.73. The number of nitrogens with zero attached hydrogens (tertiary/aromatic N) is 1. The first-order chi connectivity index (χ1) is 4.33. The van der Waals surface area contributed by atoms with Gasteiger partial charge in [0.15, 0.2) is 0 Å². The lowest BCUT2D eigenvalue weighted by Gasteiger charge is -2.03. The van der Waals surface area contributed by atoms with E-state index in [1.54, 1.807) is 0 Å². The molecule has 9 heavy (non-hydrogen) atoms. The average molecular weight is 123 g/mol. The normalized spacial score (nSPS) is 27.6. The van der Waals surface area contributed by atoms with Crippen LogP contribution in [0.15, 0.2) is 0 Å². The van der Waals surface area contributed by atoms with E-state index in [4.69, 9.17) is 0 Å². The van der Waals surface area contributed by atoms with Crippen molar-refractivity contribution in [2.24, 2.45) is 5.92 Å². The first-order valence-electron chi connectivity index (χ1n) is 3.43. The molecule has 1 atom stereocenters. The molecule has 0 radical (unpaired) electrons. The number of hydrogen-bond donors (Lipinski definition) is 0. The summed E-state index contributed by atoms with van der Waals surface area (Å²) in [7, 11) is 2.15. The zero-order chi connectivity index (χ0) is 6.69. The molecule has 0 amide bonds. The van der Waals surface area contributed by atoms with Gasteiger partial charge in [-0.2, -0.15) is 0 Å². The van der Waals surface area contributed by atoms with Crippen LogP contribution < -0.4 is 0 Å². The van der Waals surface area contributed by atoms with Crippen LogP contribution in [0, 0.1) is 17.8 Å². The van der Waals surface area contributed by atoms with E-state index in [0.717, 1.165) is 0 Å². The molecule has 1 nitrogen and oxygen atoms in total. The molecular formula is C8H13N. The molecule has 0 aliphatic carbocycles. The lowest BCUT2D eigenvalue weighted by Crippen LogP contribution is -2.13. The summed E-state index contributed by atoms with van der Waals surface area (Å²) in [6.07, 6.45) is 1.26. The Kier molecular flexibility index (Phi) is 2.13. The summed E-state index contributed by atoms with van der Waals surface area (Å²) < 4.78 is 0. The maximum atomic E-state index is 3.18. The second-order valence-electron chi connectivity index (χ2n) is 2.64. The molecule has 1 heteroatoms. The molecule has 1 fully saturated rings. The topological polar surface area (TPSA) is 3.24 Å². The fraction of sp³-hybridized carbons (Fsp3) is 0.750. The van der Waals surface area contributed by atoms with E-state index in [1.165, 1.54) is 19.5 Å². The van der Waals surface area contributed by atoms with Crippen LogP contribution in [-0.4, -0.2) is 25.0 Å². The van der Waals surface area contributed by atoms with Crippen molar-refractivity contribution < 1.29 is 0 Å². The van der Waals surface area contributed by atoms with Crippen LogP contribution in [0.5, 0.6) is 0 Å². The van der Waals surface area contributed by atoms with Gasteiger partial charge in [-0.05, 0) is 26.9 Å². The second-order valence-corrected chi connectivity index (χ2v) is 2.64. The van der Waals surface area contributed by atoms with Gasteiger partial charge in [-0.3, -0.25) is 0 Å². The zero-order valence-corrected chi connectivity index (χ0v) is 6.15. The predicted molar refractivity (Wildman–Crippen MR) is 39.1 cm³/mol. The van der Waals surface area contributed by atoms with Crippen LogP contribution in [0.2, 0.25) is 0 Å².